The minimum Gasteiger partial charge on any atom is -0.350 e. The Kier molecular flexibility index (Phi) is 7.92. The molecule has 0 saturated carbocycles. The predicted octanol–water partition coefficient (Wildman–Crippen LogP) is 4.92. The standard InChI is InChI=1S/C28H28ClF3N6O2S/c1-27(2,3)36-24(39)21-15-37(9-8-33-21)26-35-25(40)23(41-26)11-16-4-7-22-18(10-16)13-34-38(22)14-17-5-6-19(29)12-20(17)28(30,31)32/h4-7,10-13,21,33H,8-9,14-15H2,1-3H3,(H,36,39)/b23-11-/t21-/m0/s1. The van der Waals surface area contributed by atoms with Gasteiger partial charge in [-0.05, 0) is 74.0 Å². The van der Waals surface area contributed by atoms with Crippen LogP contribution in [0.4, 0.5) is 13.2 Å². The van der Waals surface area contributed by atoms with Crippen LogP contribution in [0.5, 0.6) is 0 Å². The van der Waals surface area contributed by atoms with Gasteiger partial charge in [-0.15, -0.1) is 0 Å². The van der Waals surface area contributed by atoms with E-state index in [2.05, 4.69) is 20.7 Å². The van der Waals surface area contributed by atoms with Crippen LogP contribution in [0.2, 0.25) is 5.02 Å². The van der Waals surface area contributed by atoms with Crippen LogP contribution in [0.15, 0.2) is 52.5 Å². The maximum atomic E-state index is 13.6. The molecule has 0 aliphatic carbocycles. The van der Waals surface area contributed by atoms with Crippen LogP contribution < -0.4 is 10.6 Å². The van der Waals surface area contributed by atoms with Crippen LogP contribution in [0, 0.1) is 0 Å². The van der Waals surface area contributed by atoms with E-state index in [0.29, 0.717) is 40.6 Å². The lowest BCUT2D eigenvalue weighted by Crippen LogP contribution is -2.60. The third-order valence-corrected chi connectivity index (χ3v) is 7.81. The predicted molar refractivity (Wildman–Crippen MR) is 155 cm³/mol. The van der Waals surface area contributed by atoms with Crippen LogP contribution in [-0.2, 0) is 22.3 Å². The van der Waals surface area contributed by atoms with Crippen LogP contribution in [0.3, 0.4) is 0 Å². The van der Waals surface area contributed by atoms with E-state index in [9.17, 15) is 22.8 Å². The van der Waals surface area contributed by atoms with Crippen molar-refractivity contribution in [2.45, 2.75) is 45.1 Å². The summed E-state index contributed by atoms with van der Waals surface area (Å²) in [6.45, 7) is 7.26. The summed E-state index contributed by atoms with van der Waals surface area (Å²) in [5.41, 5.74) is 0.286. The fourth-order valence-corrected chi connectivity index (χ4v) is 5.79. The Morgan fingerprint density at radius 1 is 1.22 bits per heavy atom. The quantitative estimate of drug-likeness (QED) is 0.411. The molecule has 13 heteroatoms. The molecule has 2 aliphatic heterocycles. The highest BCUT2D eigenvalue weighted by atomic mass is 35.5. The van der Waals surface area contributed by atoms with E-state index in [0.717, 1.165) is 11.6 Å². The number of amidine groups is 1. The van der Waals surface area contributed by atoms with Gasteiger partial charge in [0.15, 0.2) is 5.17 Å². The monoisotopic (exact) mass is 604 g/mol. The van der Waals surface area contributed by atoms with Gasteiger partial charge in [0.1, 0.15) is 6.04 Å². The molecule has 2 amide bonds. The zero-order valence-electron chi connectivity index (χ0n) is 22.6. The van der Waals surface area contributed by atoms with Gasteiger partial charge in [0.05, 0.1) is 28.7 Å². The summed E-state index contributed by atoms with van der Waals surface area (Å²) >= 11 is 7.06. The number of fused-ring (bicyclic) bond motifs is 1. The molecular formula is C28H28ClF3N6O2S. The van der Waals surface area contributed by atoms with E-state index < -0.39 is 17.8 Å². The molecule has 1 atom stereocenters. The van der Waals surface area contributed by atoms with Gasteiger partial charge in [0, 0.05) is 35.6 Å². The number of hydrogen-bond donors (Lipinski definition) is 2. The fourth-order valence-electron chi connectivity index (χ4n) is 4.67. The van der Waals surface area contributed by atoms with E-state index in [1.807, 2.05) is 31.7 Å². The number of carbonyl (C=O) groups is 2. The first kappa shape index (κ1) is 29.2. The maximum absolute atomic E-state index is 13.6. The Balaban J connectivity index is 1.30. The van der Waals surface area contributed by atoms with Crippen LogP contribution in [-0.4, -0.2) is 62.9 Å². The zero-order chi connectivity index (χ0) is 29.5. The molecule has 2 aliphatic rings. The van der Waals surface area contributed by atoms with Crippen molar-refractivity contribution in [3.8, 4) is 0 Å². The molecule has 1 fully saturated rings. The molecule has 3 aromatic rings. The molecule has 2 N–H and O–H groups in total. The summed E-state index contributed by atoms with van der Waals surface area (Å²) < 4.78 is 42.2. The van der Waals surface area contributed by atoms with Crippen molar-refractivity contribution < 1.29 is 22.8 Å². The lowest BCUT2D eigenvalue weighted by Gasteiger charge is -2.35. The summed E-state index contributed by atoms with van der Waals surface area (Å²) in [4.78, 5) is 32.0. The molecule has 3 heterocycles. The molecule has 41 heavy (non-hydrogen) atoms. The molecule has 8 nitrogen and oxygen atoms in total. The van der Waals surface area contributed by atoms with Crippen molar-refractivity contribution in [2.75, 3.05) is 19.6 Å². The Bertz CT molecular complexity index is 1580. The van der Waals surface area contributed by atoms with Gasteiger partial charge < -0.3 is 15.5 Å². The number of nitrogens with zero attached hydrogens (tertiary/aromatic N) is 4. The summed E-state index contributed by atoms with van der Waals surface area (Å²) in [6, 6.07) is 8.64. The number of piperazine rings is 1. The third-order valence-electron chi connectivity index (χ3n) is 6.53. The van der Waals surface area contributed by atoms with Crippen molar-refractivity contribution in [1.29, 1.82) is 0 Å². The van der Waals surface area contributed by atoms with Crippen LogP contribution in [0.1, 0.15) is 37.5 Å². The highest BCUT2D eigenvalue weighted by molar-refractivity contribution is 8.18. The molecule has 1 aromatic heterocycles. The SMILES string of the molecule is CC(C)(C)NC(=O)[C@@H]1CN(C2=NC(=O)/C(=C/c3ccc4c(cnn4Cc4ccc(Cl)cc4C(F)(F)F)c3)S2)CCN1. The average molecular weight is 605 g/mol. The molecule has 0 spiro atoms. The number of hydrogen-bond acceptors (Lipinski definition) is 6. The van der Waals surface area contributed by atoms with Gasteiger partial charge >= 0.3 is 6.18 Å². The van der Waals surface area contributed by atoms with E-state index in [-0.39, 0.29) is 34.5 Å². The molecule has 2 aromatic carbocycles. The number of rotatable bonds is 4. The Hall–Kier alpha value is -3.35. The summed E-state index contributed by atoms with van der Waals surface area (Å²) in [6.07, 6.45) is -1.23. The molecule has 0 bridgehead atoms. The normalized spacial score (nSPS) is 19.2. The molecule has 0 unspecified atom stereocenters. The number of benzene rings is 2. The lowest BCUT2D eigenvalue weighted by atomic mass is 10.1. The van der Waals surface area contributed by atoms with Crippen molar-refractivity contribution >= 4 is 57.3 Å². The summed E-state index contributed by atoms with van der Waals surface area (Å²) in [5, 5.41) is 11.8. The van der Waals surface area contributed by atoms with Crippen LogP contribution in [0.25, 0.3) is 17.0 Å². The number of aliphatic imine (C=N–C) groups is 1. The number of alkyl halides is 3. The Morgan fingerprint density at radius 3 is 2.73 bits per heavy atom. The van der Waals surface area contributed by atoms with E-state index >= 15 is 0 Å². The number of halogens is 4. The largest absolute Gasteiger partial charge is 0.416 e. The fraction of sp³-hybridized carbons (Fsp3) is 0.357. The number of carbonyl (C=O) groups excluding carboxylic acids is 2. The van der Waals surface area contributed by atoms with Crippen molar-refractivity contribution in [3.05, 3.63) is 69.2 Å². The first-order valence-corrected chi connectivity index (χ1v) is 14.1. The van der Waals surface area contributed by atoms with E-state index in [1.54, 1.807) is 24.4 Å². The highest BCUT2D eigenvalue weighted by Crippen LogP contribution is 2.35. The number of nitrogens with one attached hydrogen (secondary N) is 2. The second-order valence-electron chi connectivity index (χ2n) is 10.9. The lowest BCUT2D eigenvalue weighted by molar-refractivity contribution is -0.138. The maximum Gasteiger partial charge on any atom is 0.416 e. The van der Waals surface area contributed by atoms with Crippen molar-refractivity contribution in [3.63, 3.8) is 0 Å². The minimum atomic E-state index is -4.54. The topological polar surface area (TPSA) is 91.6 Å². The molecule has 5 rings (SSSR count). The summed E-state index contributed by atoms with van der Waals surface area (Å²) in [7, 11) is 0. The second kappa shape index (κ2) is 11.1. The van der Waals surface area contributed by atoms with Gasteiger partial charge in [-0.3, -0.25) is 14.3 Å². The van der Waals surface area contributed by atoms with Crippen molar-refractivity contribution in [1.82, 2.24) is 25.3 Å². The average Bonchev–Trinajstić information content (AvgIpc) is 3.46. The van der Waals surface area contributed by atoms with Crippen molar-refractivity contribution in [2.24, 2.45) is 4.99 Å². The zero-order valence-corrected chi connectivity index (χ0v) is 24.1. The summed E-state index contributed by atoms with van der Waals surface area (Å²) in [5.74, 6) is -0.468. The van der Waals surface area contributed by atoms with Gasteiger partial charge in [0.2, 0.25) is 5.91 Å². The van der Waals surface area contributed by atoms with Gasteiger partial charge in [-0.1, -0.05) is 23.7 Å². The highest BCUT2D eigenvalue weighted by Gasteiger charge is 2.34. The smallest absolute Gasteiger partial charge is 0.350 e. The molecule has 216 valence electrons. The Labute approximate surface area is 244 Å². The van der Waals surface area contributed by atoms with Gasteiger partial charge in [-0.2, -0.15) is 23.3 Å². The number of amides is 2. The first-order chi connectivity index (χ1) is 19.3. The van der Waals surface area contributed by atoms with Gasteiger partial charge in [0.25, 0.3) is 5.91 Å². The molecular weight excluding hydrogens is 577 g/mol. The van der Waals surface area contributed by atoms with Gasteiger partial charge in [-0.25, -0.2) is 0 Å². The number of aromatic nitrogens is 2. The first-order valence-electron chi connectivity index (χ1n) is 12.9. The van der Waals surface area contributed by atoms with E-state index in [4.69, 9.17) is 11.6 Å². The Morgan fingerprint density at radius 2 is 2.00 bits per heavy atom. The van der Waals surface area contributed by atoms with Crippen LogP contribution >= 0.6 is 23.4 Å². The third kappa shape index (κ3) is 6.77. The molecule has 1 saturated heterocycles. The molecule has 0 radical (unpaired) electrons. The van der Waals surface area contributed by atoms with E-state index in [1.165, 1.54) is 28.6 Å². The number of thioether (sulfide) groups is 1. The minimum absolute atomic E-state index is 0.0124. The second-order valence-corrected chi connectivity index (χ2v) is 12.4.